The highest BCUT2D eigenvalue weighted by Gasteiger charge is 2.54. The van der Waals surface area contributed by atoms with Crippen LogP contribution in [0, 0.1) is 11.8 Å². The molecule has 0 amide bonds. The number of aromatic nitrogens is 4. The lowest BCUT2D eigenvalue weighted by Crippen LogP contribution is -2.61. The smallest absolute Gasteiger partial charge is 0.178 e. The van der Waals surface area contributed by atoms with Crippen LogP contribution >= 0.6 is 23.5 Å². The van der Waals surface area contributed by atoms with Crippen LogP contribution < -0.4 is 16.2 Å². The highest BCUT2D eigenvalue weighted by Crippen LogP contribution is 2.57. The van der Waals surface area contributed by atoms with Gasteiger partial charge < -0.3 is 5.43 Å². The van der Waals surface area contributed by atoms with Crippen molar-refractivity contribution >= 4 is 34.7 Å². The molecule has 5 aliphatic rings. The Balaban J connectivity index is 1.23. The summed E-state index contributed by atoms with van der Waals surface area (Å²) in [7, 11) is 1.89. The van der Waals surface area contributed by atoms with Crippen LogP contribution in [0.2, 0.25) is 0 Å². The van der Waals surface area contributed by atoms with Gasteiger partial charge in [0.1, 0.15) is 5.52 Å². The van der Waals surface area contributed by atoms with E-state index in [4.69, 9.17) is 0 Å². The van der Waals surface area contributed by atoms with E-state index in [1.165, 1.54) is 41.2 Å². The van der Waals surface area contributed by atoms with Crippen molar-refractivity contribution in [2.45, 2.75) is 54.8 Å². The van der Waals surface area contributed by atoms with Gasteiger partial charge in [0.25, 0.3) is 0 Å². The molecule has 0 radical (unpaired) electrons. The van der Waals surface area contributed by atoms with E-state index in [2.05, 4.69) is 66.2 Å². The standard InChI is InChI=1S/C20H26N8S2/c1-27-18-14(24-26-27)7-10(9-21-18)13-8-12-15-5-6-22-28(15)25-17-16(12)19(23-13)30-20(17)29-11-3-2-4-11/h7,9,11-13,15-16,19,22-23,25H,2-6,8H2,1H3. The number of hydrazine groups is 2. The maximum Gasteiger partial charge on any atom is 0.178 e. The first-order valence-corrected chi connectivity index (χ1v) is 12.8. The number of fused-ring (bicyclic) bond motifs is 3. The van der Waals surface area contributed by atoms with Gasteiger partial charge in [-0.25, -0.2) is 15.1 Å². The second-order valence-corrected chi connectivity index (χ2v) is 11.8. The third kappa shape index (κ3) is 2.70. The molecule has 5 atom stereocenters. The largest absolute Gasteiger partial charge is 0.307 e. The van der Waals surface area contributed by atoms with Crippen molar-refractivity contribution in [2.24, 2.45) is 18.9 Å². The van der Waals surface area contributed by atoms with Gasteiger partial charge in [-0.3, -0.25) is 5.32 Å². The van der Waals surface area contributed by atoms with Crippen molar-refractivity contribution < 1.29 is 0 Å². The second-order valence-electron chi connectivity index (χ2n) is 9.13. The van der Waals surface area contributed by atoms with Gasteiger partial charge in [0.2, 0.25) is 0 Å². The van der Waals surface area contributed by atoms with Crippen molar-refractivity contribution in [3.8, 4) is 0 Å². The zero-order valence-corrected chi connectivity index (χ0v) is 18.5. The van der Waals surface area contributed by atoms with Gasteiger partial charge >= 0.3 is 0 Å². The maximum atomic E-state index is 4.66. The zero-order chi connectivity index (χ0) is 19.8. The first-order valence-electron chi connectivity index (χ1n) is 11.0. The molecule has 1 aliphatic carbocycles. The fourth-order valence-electron chi connectivity index (χ4n) is 5.65. The average Bonchev–Trinajstić information content (AvgIpc) is 3.43. The molecule has 8 nitrogen and oxygen atoms in total. The Kier molecular flexibility index (Phi) is 4.16. The Morgan fingerprint density at radius 1 is 1.27 bits per heavy atom. The summed E-state index contributed by atoms with van der Waals surface area (Å²) in [5, 5.41) is 16.0. The predicted octanol–water partition coefficient (Wildman–Crippen LogP) is 2.25. The topological polar surface area (TPSA) is 82.9 Å². The molecule has 5 unspecified atom stereocenters. The number of thioether (sulfide) groups is 2. The molecular weight excluding hydrogens is 416 g/mol. The van der Waals surface area contributed by atoms with E-state index in [9.17, 15) is 0 Å². The molecule has 7 rings (SSSR count). The first-order chi connectivity index (χ1) is 14.7. The molecule has 6 heterocycles. The number of hydrogen-bond acceptors (Lipinski definition) is 9. The van der Waals surface area contributed by atoms with E-state index in [1.54, 1.807) is 4.68 Å². The Hall–Kier alpha value is -1.33. The monoisotopic (exact) mass is 442 g/mol. The number of piperidine rings is 1. The normalized spacial score (nSPS) is 36.0. The van der Waals surface area contributed by atoms with Gasteiger partial charge in [-0.15, -0.1) is 16.9 Å². The number of nitrogens with zero attached hydrogens (tertiary/aromatic N) is 5. The number of nitrogens with one attached hydrogen (secondary N) is 3. The lowest BCUT2D eigenvalue weighted by atomic mass is 9.74. The highest BCUT2D eigenvalue weighted by molar-refractivity contribution is 8.23. The molecule has 30 heavy (non-hydrogen) atoms. The molecule has 3 saturated heterocycles. The number of pyridine rings is 1. The Morgan fingerprint density at radius 2 is 2.20 bits per heavy atom. The van der Waals surface area contributed by atoms with E-state index < -0.39 is 0 Å². The van der Waals surface area contributed by atoms with Crippen LogP contribution in [0.15, 0.2) is 22.2 Å². The SMILES string of the molecule is Cn1nnc2cc(C3CC4C5C(=C(SC6CCC6)SC5N3)NN3NCCC43)cnc21. The molecule has 158 valence electrons. The highest BCUT2D eigenvalue weighted by atomic mass is 32.2. The van der Waals surface area contributed by atoms with Crippen LogP contribution in [-0.2, 0) is 7.05 Å². The molecule has 0 aromatic carbocycles. The minimum atomic E-state index is 0.303. The zero-order valence-electron chi connectivity index (χ0n) is 16.9. The minimum absolute atomic E-state index is 0.303. The summed E-state index contributed by atoms with van der Waals surface area (Å²) in [5.74, 6) is 1.21. The summed E-state index contributed by atoms with van der Waals surface area (Å²) in [5.41, 5.74) is 11.8. The molecule has 0 bridgehead atoms. The average molecular weight is 443 g/mol. The molecule has 2 aromatic rings. The van der Waals surface area contributed by atoms with Crippen LogP contribution in [0.1, 0.15) is 43.7 Å². The fraction of sp³-hybridized carbons (Fsp3) is 0.650. The van der Waals surface area contributed by atoms with Crippen molar-refractivity contribution in [3.63, 3.8) is 0 Å². The van der Waals surface area contributed by atoms with E-state index in [1.807, 2.05) is 13.2 Å². The summed E-state index contributed by atoms with van der Waals surface area (Å²) in [6.07, 6.45) is 8.48. The molecule has 1 saturated carbocycles. The Bertz CT molecular complexity index is 1030. The molecule has 0 spiro atoms. The second kappa shape index (κ2) is 6.83. The predicted molar refractivity (Wildman–Crippen MR) is 119 cm³/mol. The van der Waals surface area contributed by atoms with Crippen molar-refractivity contribution in [1.82, 2.24) is 41.3 Å². The quantitative estimate of drug-likeness (QED) is 0.663. The third-order valence-electron chi connectivity index (χ3n) is 7.43. The molecule has 2 aromatic heterocycles. The van der Waals surface area contributed by atoms with Crippen LogP contribution in [0.3, 0.4) is 0 Å². The maximum absolute atomic E-state index is 4.66. The lowest BCUT2D eigenvalue weighted by Gasteiger charge is -2.48. The molecule has 4 aliphatic heterocycles. The van der Waals surface area contributed by atoms with Gasteiger partial charge in [-0.1, -0.05) is 23.4 Å². The van der Waals surface area contributed by atoms with Crippen molar-refractivity contribution in [3.05, 3.63) is 27.8 Å². The lowest BCUT2D eigenvalue weighted by molar-refractivity contribution is 0.00562. The van der Waals surface area contributed by atoms with Gasteiger partial charge in [0, 0.05) is 43.0 Å². The molecular formula is C20H26N8S2. The summed E-state index contributed by atoms with van der Waals surface area (Å²) >= 11 is 4.17. The van der Waals surface area contributed by atoms with Gasteiger partial charge in [0.15, 0.2) is 5.65 Å². The van der Waals surface area contributed by atoms with Gasteiger partial charge in [-0.05, 0) is 43.2 Å². The summed E-state index contributed by atoms with van der Waals surface area (Å²) in [6, 6.07) is 3.03. The third-order valence-corrected chi connectivity index (χ3v) is 10.4. The fourth-order valence-corrected chi connectivity index (χ4v) is 9.03. The van der Waals surface area contributed by atoms with E-state index in [-0.39, 0.29) is 0 Å². The Labute approximate surface area is 183 Å². The van der Waals surface area contributed by atoms with Crippen LogP contribution in [-0.4, -0.2) is 48.3 Å². The summed E-state index contributed by atoms with van der Waals surface area (Å²) < 4.78 is 3.26. The van der Waals surface area contributed by atoms with Crippen molar-refractivity contribution in [2.75, 3.05) is 6.54 Å². The number of hydrogen-bond donors (Lipinski definition) is 3. The summed E-state index contributed by atoms with van der Waals surface area (Å²) in [4.78, 5) is 4.66. The van der Waals surface area contributed by atoms with Gasteiger partial charge in [-0.2, -0.15) is 5.12 Å². The molecule has 10 heteroatoms. The van der Waals surface area contributed by atoms with E-state index in [0.29, 0.717) is 29.3 Å². The van der Waals surface area contributed by atoms with E-state index >= 15 is 0 Å². The number of rotatable bonds is 3. The van der Waals surface area contributed by atoms with Gasteiger partial charge in [0.05, 0.1) is 15.3 Å². The Morgan fingerprint density at radius 3 is 3.07 bits per heavy atom. The summed E-state index contributed by atoms with van der Waals surface area (Å²) in [6.45, 7) is 1.06. The van der Waals surface area contributed by atoms with Crippen LogP contribution in [0.25, 0.3) is 11.2 Å². The van der Waals surface area contributed by atoms with Crippen LogP contribution in [0.4, 0.5) is 0 Å². The van der Waals surface area contributed by atoms with Crippen molar-refractivity contribution in [1.29, 1.82) is 0 Å². The molecule has 3 N–H and O–H groups in total. The van der Waals surface area contributed by atoms with E-state index in [0.717, 1.165) is 29.4 Å². The first kappa shape index (κ1) is 18.3. The molecule has 4 fully saturated rings. The van der Waals surface area contributed by atoms with Crippen LogP contribution in [0.5, 0.6) is 0 Å². The number of aryl methyl sites for hydroxylation is 1. The minimum Gasteiger partial charge on any atom is -0.307 e.